The lowest BCUT2D eigenvalue weighted by molar-refractivity contribution is -0.341. The van der Waals surface area contributed by atoms with E-state index in [2.05, 4.69) is 46.8 Å². The molecule has 0 N–H and O–H groups in total. The average Bonchev–Trinajstić information content (AvgIpc) is 2.92. The van der Waals surface area contributed by atoms with Crippen LogP contribution in [0.3, 0.4) is 0 Å². The molecule has 0 unspecified atom stereocenters. The molecule has 2 aromatic rings. The maximum Gasteiger partial charge on any atom is 0.184 e. The molecule has 216 valence electrons. The fraction of sp³-hybridized carbons (Fsp3) is 0.636. The normalized spacial score (nSPS) is 31.7. The first kappa shape index (κ1) is 30.0. The molecule has 6 heteroatoms. The van der Waals surface area contributed by atoms with E-state index in [-0.39, 0.29) is 42.2 Å². The minimum Gasteiger partial charge on any atom is -0.497 e. The third kappa shape index (κ3) is 7.62. The highest BCUT2D eigenvalue weighted by Crippen LogP contribution is 2.42. The fourth-order valence-corrected chi connectivity index (χ4v) is 6.05. The van der Waals surface area contributed by atoms with E-state index in [1.165, 1.54) is 5.56 Å². The van der Waals surface area contributed by atoms with Crippen LogP contribution in [-0.2, 0) is 30.3 Å². The minimum atomic E-state index is -0.684. The molecular formula is C33H48O6. The van der Waals surface area contributed by atoms with Gasteiger partial charge in [0.2, 0.25) is 0 Å². The van der Waals surface area contributed by atoms with Gasteiger partial charge in [0.05, 0.1) is 44.7 Å². The van der Waals surface area contributed by atoms with E-state index in [9.17, 15) is 0 Å². The van der Waals surface area contributed by atoms with Gasteiger partial charge in [0.1, 0.15) is 5.75 Å². The van der Waals surface area contributed by atoms with Gasteiger partial charge in [-0.3, -0.25) is 0 Å². The zero-order valence-electron chi connectivity index (χ0n) is 25.0. The third-order valence-corrected chi connectivity index (χ3v) is 8.21. The fourth-order valence-electron chi connectivity index (χ4n) is 6.05. The van der Waals surface area contributed by atoms with Crippen LogP contribution in [0.4, 0.5) is 0 Å². The monoisotopic (exact) mass is 540 g/mol. The molecule has 8 atom stereocenters. The van der Waals surface area contributed by atoms with Gasteiger partial charge in [-0.25, -0.2) is 0 Å². The van der Waals surface area contributed by atoms with E-state index >= 15 is 0 Å². The van der Waals surface area contributed by atoms with Crippen molar-refractivity contribution in [3.8, 4) is 5.75 Å². The maximum atomic E-state index is 6.66. The highest BCUT2D eigenvalue weighted by Gasteiger charge is 2.46. The largest absolute Gasteiger partial charge is 0.497 e. The lowest BCUT2D eigenvalue weighted by Gasteiger charge is -2.49. The second-order valence-electron chi connectivity index (χ2n) is 12.2. The van der Waals surface area contributed by atoms with Crippen LogP contribution >= 0.6 is 0 Å². The highest BCUT2D eigenvalue weighted by molar-refractivity contribution is 5.28. The molecule has 2 fully saturated rings. The van der Waals surface area contributed by atoms with Crippen molar-refractivity contribution in [2.45, 2.75) is 98.0 Å². The van der Waals surface area contributed by atoms with Gasteiger partial charge in [0.25, 0.3) is 0 Å². The molecular weight excluding hydrogens is 492 g/mol. The van der Waals surface area contributed by atoms with E-state index in [4.69, 9.17) is 28.4 Å². The Labute approximate surface area is 235 Å². The molecule has 2 aliphatic heterocycles. The molecule has 4 rings (SSSR count). The molecule has 39 heavy (non-hydrogen) atoms. The molecule has 2 heterocycles. The number of hydrogen-bond donors (Lipinski definition) is 0. The number of hydrogen-bond acceptors (Lipinski definition) is 6. The quantitative estimate of drug-likeness (QED) is 0.318. The van der Waals surface area contributed by atoms with Gasteiger partial charge in [0, 0.05) is 29.7 Å². The predicted octanol–water partition coefficient (Wildman–Crippen LogP) is 7.17. The molecule has 0 spiro atoms. The molecule has 2 aliphatic rings. The summed E-state index contributed by atoms with van der Waals surface area (Å²) in [6.07, 6.45) is 0.439. The SMILES string of the molecule is COc1ccc([C@@H]2O[C@H](C(C)C)[C@@H](C)[C@@H](C[C@H]3OC(C)(C)O[C@H]([C@H](C)COCc4ccccc4)[C@@H]3C)O2)cc1. The summed E-state index contributed by atoms with van der Waals surface area (Å²) in [4.78, 5) is 0. The summed E-state index contributed by atoms with van der Waals surface area (Å²) in [6.45, 7) is 16.4. The lowest BCUT2D eigenvalue weighted by atomic mass is 9.81. The standard InChI is InChI=1S/C33H48O6/c1-21(2)30-23(4)28(36-32(37-30)26-14-16-27(34-8)17-15-26)18-29-24(5)31(39-33(6,7)38-29)22(3)19-35-20-25-12-10-9-11-13-25/h9-17,21-24,28-32H,18-20H2,1-8H3/t22-,23+,24-,28-,29-,30-,31-,32+/m1/s1. The van der Waals surface area contributed by atoms with Crippen molar-refractivity contribution in [2.75, 3.05) is 13.7 Å². The van der Waals surface area contributed by atoms with Gasteiger partial charge in [0.15, 0.2) is 12.1 Å². The molecule has 0 bridgehead atoms. The predicted molar refractivity (Wildman–Crippen MR) is 152 cm³/mol. The van der Waals surface area contributed by atoms with Crippen molar-refractivity contribution >= 4 is 0 Å². The van der Waals surface area contributed by atoms with Gasteiger partial charge in [-0.05, 0) is 37.5 Å². The van der Waals surface area contributed by atoms with E-state index in [1.807, 2.05) is 56.3 Å². The summed E-state index contributed by atoms with van der Waals surface area (Å²) >= 11 is 0. The second-order valence-corrected chi connectivity index (χ2v) is 12.2. The van der Waals surface area contributed by atoms with Crippen molar-refractivity contribution in [1.82, 2.24) is 0 Å². The first-order valence-corrected chi connectivity index (χ1v) is 14.5. The third-order valence-electron chi connectivity index (χ3n) is 8.21. The van der Waals surface area contributed by atoms with E-state index < -0.39 is 12.1 Å². The zero-order chi connectivity index (χ0) is 28.2. The number of benzene rings is 2. The topological polar surface area (TPSA) is 55.4 Å². The number of ether oxygens (including phenoxy) is 6. The van der Waals surface area contributed by atoms with Crippen LogP contribution in [0, 0.1) is 23.7 Å². The Hall–Kier alpha value is -1.96. The molecule has 6 nitrogen and oxygen atoms in total. The van der Waals surface area contributed by atoms with Crippen LogP contribution in [0.1, 0.15) is 72.3 Å². The van der Waals surface area contributed by atoms with Crippen LogP contribution in [0.5, 0.6) is 5.75 Å². The first-order valence-electron chi connectivity index (χ1n) is 14.5. The van der Waals surface area contributed by atoms with Gasteiger partial charge < -0.3 is 28.4 Å². The Morgan fingerprint density at radius 3 is 2.13 bits per heavy atom. The molecule has 0 amide bonds. The lowest BCUT2D eigenvalue weighted by Crippen LogP contribution is -2.55. The smallest absolute Gasteiger partial charge is 0.184 e. The summed E-state index contributed by atoms with van der Waals surface area (Å²) < 4.78 is 37.7. The number of methoxy groups -OCH3 is 1. The van der Waals surface area contributed by atoms with Crippen LogP contribution in [0.25, 0.3) is 0 Å². The molecule has 2 saturated heterocycles. The van der Waals surface area contributed by atoms with E-state index in [0.29, 0.717) is 19.1 Å². The van der Waals surface area contributed by atoms with Crippen LogP contribution in [0.2, 0.25) is 0 Å². The van der Waals surface area contributed by atoms with E-state index in [0.717, 1.165) is 17.7 Å². The van der Waals surface area contributed by atoms with Crippen LogP contribution in [0.15, 0.2) is 54.6 Å². The average molecular weight is 541 g/mol. The Bertz CT molecular complexity index is 1010. The van der Waals surface area contributed by atoms with Gasteiger partial charge in [-0.1, -0.05) is 77.1 Å². The molecule has 0 saturated carbocycles. The first-order chi connectivity index (χ1) is 18.6. The van der Waals surface area contributed by atoms with Gasteiger partial charge in [-0.2, -0.15) is 0 Å². The highest BCUT2D eigenvalue weighted by atomic mass is 16.7. The van der Waals surface area contributed by atoms with Crippen molar-refractivity contribution < 1.29 is 28.4 Å². The second kappa shape index (κ2) is 13.1. The summed E-state index contributed by atoms with van der Waals surface area (Å²) in [6, 6.07) is 18.3. The summed E-state index contributed by atoms with van der Waals surface area (Å²) in [7, 11) is 1.68. The zero-order valence-corrected chi connectivity index (χ0v) is 25.0. The molecule has 2 aromatic carbocycles. The van der Waals surface area contributed by atoms with Gasteiger partial charge >= 0.3 is 0 Å². The molecule has 0 aliphatic carbocycles. The molecule has 0 radical (unpaired) electrons. The van der Waals surface area contributed by atoms with Crippen molar-refractivity contribution in [3.05, 3.63) is 65.7 Å². The number of rotatable bonds is 10. The minimum absolute atomic E-state index is 0.00907. The summed E-state index contributed by atoms with van der Waals surface area (Å²) in [5.41, 5.74) is 2.18. The van der Waals surface area contributed by atoms with Crippen LogP contribution in [-0.4, -0.2) is 43.9 Å². The van der Waals surface area contributed by atoms with Crippen molar-refractivity contribution in [3.63, 3.8) is 0 Å². The van der Waals surface area contributed by atoms with Gasteiger partial charge in [-0.15, -0.1) is 0 Å². The maximum absolute atomic E-state index is 6.66. The Balaban J connectivity index is 1.45. The van der Waals surface area contributed by atoms with E-state index in [1.54, 1.807) is 7.11 Å². The van der Waals surface area contributed by atoms with Crippen molar-refractivity contribution in [1.29, 1.82) is 0 Å². The Morgan fingerprint density at radius 2 is 1.49 bits per heavy atom. The molecule has 0 aromatic heterocycles. The van der Waals surface area contributed by atoms with Crippen LogP contribution < -0.4 is 4.74 Å². The van der Waals surface area contributed by atoms with Crippen molar-refractivity contribution in [2.24, 2.45) is 23.7 Å². The Kier molecular flexibility index (Phi) is 10.1. The summed E-state index contributed by atoms with van der Waals surface area (Å²) in [5, 5.41) is 0. The Morgan fingerprint density at radius 1 is 0.821 bits per heavy atom. The summed E-state index contributed by atoms with van der Waals surface area (Å²) in [5.74, 6) is 1.13.